The zero-order valence-corrected chi connectivity index (χ0v) is 21.1. The molecule has 1 aromatic heterocycles. The molecular formula is C29H35N3O4. The van der Waals surface area contributed by atoms with E-state index in [1.807, 2.05) is 48.5 Å². The molecule has 0 atom stereocenters. The molecule has 1 heterocycles. The van der Waals surface area contributed by atoms with Gasteiger partial charge >= 0.3 is 6.09 Å². The smallest absolute Gasteiger partial charge is 0.407 e. The zero-order chi connectivity index (χ0) is 25.5. The number of ether oxygens (including phenoxy) is 1. The number of H-pyrrole nitrogens is 1. The molecule has 4 rings (SSSR count). The number of carbonyl (C=O) groups excluding carboxylic acids is 3. The van der Waals surface area contributed by atoms with Crippen molar-refractivity contribution in [2.75, 3.05) is 6.54 Å². The number of fused-ring (bicyclic) bond motifs is 1. The number of nitrogens with one attached hydrogen (secondary N) is 2. The average molecular weight is 490 g/mol. The zero-order valence-electron chi connectivity index (χ0n) is 21.1. The second-order valence-corrected chi connectivity index (χ2v) is 9.89. The molecule has 0 saturated heterocycles. The standard InChI is InChI=1S/C29H35N3O4/c1-20(2)36-29(35)31-16-22-11-8-12-23(15-22)19-32(18-21-9-4-3-5-10-21)28(34)27(33)25-17-30-26-14-7-6-13-24(25)26/h6-8,11-15,17,20-21,30H,3-5,9-10,16,18-19H2,1-2H3,(H,31,35). The topological polar surface area (TPSA) is 91.5 Å². The Balaban J connectivity index is 1.51. The minimum atomic E-state index is -0.488. The maximum Gasteiger partial charge on any atom is 0.407 e. The van der Waals surface area contributed by atoms with Gasteiger partial charge in [-0.05, 0) is 49.8 Å². The second-order valence-electron chi connectivity index (χ2n) is 9.89. The first-order chi connectivity index (χ1) is 17.4. The fourth-order valence-electron chi connectivity index (χ4n) is 4.91. The van der Waals surface area contributed by atoms with E-state index in [2.05, 4.69) is 10.3 Å². The summed E-state index contributed by atoms with van der Waals surface area (Å²) in [7, 11) is 0. The summed E-state index contributed by atoms with van der Waals surface area (Å²) in [6, 6.07) is 15.3. The number of benzene rings is 2. The molecule has 2 amide bonds. The Labute approximate surface area is 212 Å². The molecule has 7 heteroatoms. The van der Waals surface area contributed by atoms with Gasteiger partial charge < -0.3 is 19.9 Å². The van der Waals surface area contributed by atoms with E-state index in [1.165, 1.54) is 6.42 Å². The minimum absolute atomic E-state index is 0.189. The van der Waals surface area contributed by atoms with Crippen LogP contribution in [-0.2, 0) is 22.6 Å². The number of amides is 2. The number of alkyl carbamates (subject to hydrolysis) is 1. The maximum absolute atomic E-state index is 13.6. The molecule has 0 spiro atoms. The molecule has 1 aliphatic carbocycles. The van der Waals surface area contributed by atoms with Gasteiger partial charge in [0.15, 0.2) is 0 Å². The lowest BCUT2D eigenvalue weighted by Gasteiger charge is -2.29. The van der Waals surface area contributed by atoms with Gasteiger partial charge in [0.25, 0.3) is 11.7 Å². The van der Waals surface area contributed by atoms with E-state index in [0.717, 1.165) is 47.7 Å². The number of Topliss-reactive ketones (excluding diaryl/α,β-unsaturated/α-hetero) is 1. The molecule has 7 nitrogen and oxygen atoms in total. The summed E-state index contributed by atoms with van der Waals surface area (Å²) < 4.78 is 5.13. The van der Waals surface area contributed by atoms with E-state index >= 15 is 0 Å². The van der Waals surface area contributed by atoms with Gasteiger partial charge in [-0.2, -0.15) is 0 Å². The second kappa shape index (κ2) is 11.9. The lowest BCUT2D eigenvalue weighted by Crippen LogP contribution is -2.39. The number of aromatic amines is 1. The Kier molecular flexibility index (Phi) is 8.41. The van der Waals surface area contributed by atoms with Crippen LogP contribution in [0.4, 0.5) is 4.79 Å². The van der Waals surface area contributed by atoms with Crippen LogP contribution in [0.2, 0.25) is 0 Å². The maximum atomic E-state index is 13.6. The summed E-state index contributed by atoms with van der Waals surface area (Å²) in [5.41, 5.74) is 3.07. The number of ketones is 1. The van der Waals surface area contributed by atoms with E-state index < -0.39 is 17.8 Å². The minimum Gasteiger partial charge on any atom is -0.447 e. The van der Waals surface area contributed by atoms with Crippen LogP contribution in [0.15, 0.2) is 54.7 Å². The van der Waals surface area contributed by atoms with Crippen LogP contribution in [0.5, 0.6) is 0 Å². The summed E-state index contributed by atoms with van der Waals surface area (Å²) in [5.74, 6) is -0.569. The molecule has 190 valence electrons. The first kappa shape index (κ1) is 25.5. The lowest BCUT2D eigenvalue weighted by atomic mass is 9.88. The van der Waals surface area contributed by atoms with Gasteiger partial charge in [0.05, 0.1) is 11.7 Å². The number of nitrogens with zero attached hydrogens (tertiary/aromatic N) is 1. The molecule has 2 aromatic carbocycles. The molecule has 1 saturated carbocycles. The van der Waals surface area contributed by atoms with Crippen LogP contribution < -0.4 is 5.32 Å². The van der Waals surface area contributed by atoms with Crippen molar-refractivity contribution in [2.45, 2.75) is 65.1 Å². The Morgan fingerprint density at radius 2 is 1.78 bits per heavy atom. The van der Waals surface area contributed by atoms with Crippen molar-refractivity contribution >= 4 is 28.7 Å². The number of carbonyl (C=O) groups is 3. The third kappa shape index (κ3) is 6.53. The number of aromatic nitrogens is 1. The quantitative estimate of drug-likeness (QED) is 0.303. The number of rotatable bonds is 9. The van der Waals surface area contributed by atoms with Crippen molar-refractivity contribution < 1.29 is 19.1 Å². The van der Waals surface area contributed by atoms with E-state index in [-0.39, 0.29) is 6.10 Å². The number of hydrogen-bond donors (Lipinski definition) is 2. The lowest BCUT2D eigenvalue weighted by molar-refractivity contribution is -0.127. The Bertz CT molecular complexity index is 1210. The van der Waals surface area contributed by atoms with Gasteiger partial charge in [-0.1, -0.05) is 61.7 Å². The van der Waals surface area contributed by atoms with Crippen molar-refractivity contribution in [3.8, 4) is 0 Å². The van der Waals surface area contributed by atoms with E-state index in [4.69, 9.17) is 4.74 Å². The van der Waals surface area contributed by atoms with E-state index in [1.54, 1.807) is 24.9 Å². The summed E-state index contributed by atoms with van der Waals surface area (Å²) >= 11 is 0. The van der Waals surface area contributed by atoms with Crippen molar-refractivity contribution in [3.05, 3.63) is 71.4 Å². The van der Waals surface area contributed by atoms with Gasteiger partial charge in [0.2, 0.25) is 0 Å². The number of hydrogen-bond acceptors (Lipinski definition) is 4. The molecule has 1 aliphatic rings. The largest absolute Gasteiger partial charge is 0.447 e. The Morgan fingerprint density at radius 3 is 2.56 bits per heavy atom. The highest BCUT2D eigenvalue weighted by atomic mass is 16.6. The van der Waals surface area contributed by atoms with Crippen LogP contribution in [0.3, 0.4) is 0 Å². The third-order valence-electron chi connectivity index (χ3n) is 6.66. The van der Waals surface area contributed by atoms with Crippen molar-refractivity contribution in [1.82, 2.24) is 15.2 Å². The fraction of sp³-hybridized carbons (Fsp3) is 0.414. The molecule has 0 bridgehead atoms. The van der Waals surface area contributed by atoms with Gasteiger partial charge in [0, 0.05) is 36.7 Å². The molecule has 0 aliphatic heterocycles. The molecular weight excluding hydrogens is 454 g/mol. The van der Waals surface area contributed by atoms with Crippen molar-refractivity contribution in [1.29, 1.82) is 0 Å². The van der Waals surface area contributed by atoms with Gasteiger partial charge in [-0.25, -0.2) is 4.79 Å². The summed E-state index contributed by atoms with van der Waals surface area (Å²) in [6.07, 6.45) is 6.69. The molecule has 36 heavy (non-hydrogen) atoms. The fourth-order valence-corrected chi connectivity index (χ4v) is 4.91. The average Bonchev–Trinajstić information content (AvgIpc) is 3.31. The van der Waals surface area contributed by atoms with Crippen LogP contribution in [0, 0.1) is 5.92 Å². The van der Waals surface area contributed by atoms with Gasteiger partial charge in [-0.15, -0.1) is 0 Å². The Hall–Kier alpha value is -3.61. The molecule has 0 unspecified atom stereocenters. The van der Waals surface area contributed by atoms with Crippen molar-refractivity contribution in [2.24, 2.45) is 5.92 Å². The molecule has 0 radical (unpaired) electrons. The first-order valence-electron chi connectivity index (χ1n) is 12.8. The van der Waals surface area contributed by atoms with Crippen LogP contribution in [-0.4, -0.2) is 40.3 Å². The normalized spacial score (nSPS) is 14.1. The molecule has 2 N–H and O–H groups in total. The first-order valence-corrected chi connectivity index (χ1v) is 12.8. The van der Waals surface area contributed by atoms with Crippen LogP contribution in [0.1, 0.15) is 67.4 Å². The van der Waals surface area contributed by atoms with Crippen molar-refractivity contribution in [3.63, 3.8) is 0 Å². The molecule has 1 fully saturated rings. The summed E-state index contributed by atoms with van der Waals surface area (Å²) in [6.45, 7) is 4.83. The predicted octanol–water partition coefficient (Wildman–Crippen LogP) is 5.59. The van der Waals surface area contributed by atoms with Crippen LogP contribution in [0.25, 0.3) is 10.9 Å². The SMILES string of the molecule is CC(C)OC(=O)NCc1cccc(CN(CC2CCCCC2)C(=O)C(=O)c2c[nH]c3ccccc23)c1. The highest BCUT2D eigenvalue weighted by Gasteiger charge is 2.28. The van der Waals surface area contributed by atoms with E-state index in [0.29, 0.717) is 31.1 Å². The van der Waals surface area contributed by atoms with E-state index in [9.17, 15) is 14.4 Å². The van der Waals surface area contributed by atoms with Gasteiger partial charge in [-0.3, -0.25) is 9.59 Å². The summed E-state index contributed by atoms with van der Waals surface area (Å²) in [5, 5.41) is 3.51. The number of para-hydroxylation sites is 1. The predicted molar refractivity (Wildman–Crippen MR) is 140 cm³/mol. The van der Waals surface area contributed by atoms with Crippen LogP contribution >= 0.6 is 0 Å². The summed E-state index contributed by atoms with van der Waals surface area (Å²) in [4.78, 5) is 43.6. The van der Waals surface area contributed by atoms with Gasteiger partial charge in [0.1, 0.15) is 0 Å². The third-order valence-corrected chi connectivity index (χ3v) is 6.66. The Morgan fingerprint density at radius 1 is 1.03 bits per heavy atom. The highest BCUT2D eigenvalue weighted by Crippen LogP contribution is 2.26. The molecule has 3 aromatic rings. The monoisotopic (exact) mass is 489 g/mol. The highest BCUT2D eigenvalue weighted by molar-refractivity contribution is 6.44.